The summed E-state index contributed by atoms with van der Waals surface area (Å²) in [5.74, 6) is 0.539. The number of hydrogen-bond donors (Lipinski definition) is 1. The normalized spacial score (nSPS) is 18.2. The van der Waals surface area contributed by atoms with E-state index >= 15 is 0 Å². The molecular formula is C11H13BrFN. The highest BCUT2D eigenvalue weighted by atomic mass is 79.9. The van der Waals surface area contributed by atoms with Gasteiger partial charge in [0, 0.05) is 6.04 Å². The highest BCUT2D eigenvalue weighted by Crippen LogP contribution is 2.41. The maximum absolute atomic E-state index is 13.0. The second-order valence-electron chi connectivity index (χ2n) is 3.78. The summed E-state index contributed by atoms with van der Waals surface area (Å²) in [6, 6.07) is 5.63. The zero-order valence-corrected chi connectivity index (χ0v) is 9.64. The second kappa shape index (κ2) is 3.99. The smallest absolute Gasteiger partial charge is 0.137 e. The lowest BCUT2D eigenvalue weighted by Gasteiger charge is -2.16. The van der Waals surface area contributed by atoms with E-state index in [-0.39, 0.29) is 5.82 Å². The average molecular weight is 258 g/mol. The van der Waals surface area contributed by atoms with Crippen LogP contribution in [-0.4, -0.2) is 7.05 Å². The van der Waals surface area contributed by atoms with Crippen LogP contribution in [0.2, 0.25) is 0 Å². The van der Waals surface area contributed by atoms with Crippen LogP contribution in [0.25, 0.3) is 0 Å². The van der Waals surface area contributed by atoms with E-state index in [4.69, 9.17) is 0 Å². The molecule has 0 heterocycles. The van der Waals surface area contributed by atoms with Gasteiger partial charge in [-0.2, -0.15) is 0 Å². The summed E-state index contributed by atoms with van der Waals surface area (Å²) in [4.78, 5) is 0. The van der Waals surface area contributed by atoms with E-state index in [0.29, 0.717) is 10.5 Å². The molecule has 76 valence electrons. The van der Waals surface area contributed by atoms with E-state index in [2.05, 4.69) is 21.2 Å². The molecule has 1 aromatic rings. The molecular weight excluding hydrogens is 245 g/mol. The molecule has 1 aliphatic rings. The Morgan fingerprint density at radius 1 is 1.50 bits per heavy atom. The summed E-state index contributed by atoms with van der Waals surface area (Å²) in [6.45, 7) is 0. The average Bonchev–Trinajstić information content (AvgIpc) is 2.96. The van der Waals surface area contributed by atoms with Gasteiger partial charge in [-0.05, 0) is 59.4 Å². The first-order valence-electron chi connectivity index (χ1n) is 4.84. The quantitative estimate of drug-likeness (QED) is 0.877. The molecule has 1 nitrogen and oxygen atoms in total. The SMILES string of the molecule is CNC(c1ccc(F)c(Br)c1)C1CC1. The molecule has 1 aromatic carbocycles. The number of rotatable bonds is 3. The van der Waals surface area contributed by atoms with Crippen molar-refractivity contribution < 1.29 is 4.39 Å². The molecule has 0 amide bonds. The predicted molar refractivity (Wildman–Crippen MR) is 58.6 cm³/mol. The summed E-state index contributed by atoms with van der Waals surface area (Å²) in [6.07, 6.45) is 2.56. The van der Waals surface area contributed by atoms with E-state index in [0.717, 1.165) is 5.92 Å². The van der Waals surface area contributed by atoms with Crippen molar-refractivity contribution in [3.8, 4) is 0 Å². The highest BCUT2D eigenvalue weighted by Gasteiger charge is 2.31. The molecule has 2 rings (SSSR count). The molecule has 1 aliphatic carbocycles. The van der Waals surface area contributed by atoms with Crippen LogP contribution in [0.15, 0.2) is 22.7 Å². The lowest BCUT2D eigenvalue weighted by atomic mass is 10.0. The van der Waals surface area contributed by atoms with Gasteiger partial charge in [-0.1, -0.05) is 6.07 Å². The van der Waals surface area contributed by atoms with Crippen molar-refractivity contribution in [1.29, 1.82) is 0 Å². The Balaban J connectivity index is 2.25. The molecule has 0 aliphatic heterocycles. The third-order valence-corrected chi connectivity index (χ3v) is 3.31. The summed E-state index contributed by atoms with van der Waals surface area (Å²) < 4.78 is 13.6. The second-order valence-corrected chi connectivity index (χ2v) is 4.63. The van der Waals surface area contributed by atoms with Crippen LogP contribution in [0, 0.1) is 11.7 Å². The van der Waals surface area contributed by atoms with Crippen LogP contribution < -0.4 is 5.32 Å². The molecule has 1 unspecified atom stereocenters. The van der Waals surface area contributed by atoms with Crippen LogP contribution in [-0.2, 0) is 0 Å². The topological polar surface area (TPSA) is 12.0 Å². The fraction of sp³-hybridized carbons (Fsp3) is 0.455. The Kier molecular flexibility index (Phi) is 2.88. The molecule has 3 heteroatoms. The first-order valence-corrected chi connectivity index (χ1v) is 5.64. The van der Waals surface area contributed by atoms with Crippen molar-refractivity contribution >= 4 is 15.9 Å². The minimum absolute atomic E-state index is 0.195. The van der Waals surface area contributed by atoms with Crippen LogP contribution in [0.5, 0.6) is 0 Å². The van der Waals surface area contributed by atoms with Crippen LogP contribution in [0.1, 0.15) is 24.4 Å². The van der Waals surface area contributed by atoms with Gasteiger partial charge in [-0.15, -0.1) is 0 Å². The fourth-order valence-electron chi connectivity index (χ4n) is 1.81. The van der Waals surface area contributed by atoms with Gasteiger partial charge in [0.15, 0.2) is 0 Å². The van der Waals surface area contributed by atoms with E-state index in [9.17, 15) is 4.39 Å². The molecule has 0 spiro atoms. The molecule has 1 fully saturated rings. The van der Waals surface area contributed by atoms with Gasteiger partial charge in [-0.3, -0.25) is 0 Å². The fourth-order valence-corrected chi connectivity index (χ4v) is 2.21. The number of hydrogen-bond acceptors (Lipinski definition) is 1. The van der Waals surface area contributed by atoms with Crippen molar-refractivity contribution in [2.45, 2.75) is 18.9 Å². The van der Waals surface area contributed by atoms with Crippen LogP contribution >= 0.6 is 15.9 Å². The molecule has 1 saturated carbocycles. The standard InChI is InChI=1S/C11H13BrFN/c1-14-11(7-2-3-7)8-4-5-10(13)9(12)6-8/h4-7,11,14H,2-3H2,1H3. The Labute approximate surface area is 91.8 Å². The van der Waals surface area contributed by atoms with Crippen molar-refractivity contribution in [2.75, 3.05) is 7.05 Å². The minimum Gasteiger partial charge on any atom is -0.313 e. The van der Waals surface area contributed by atoms with E-state index in [1.165, 1.54) is 24.5 Å². The lowest BCUT2D eigenvalue weighted by molar-refractivity contribution is 0.526. The van der Waals surface area contributed by atoms with Gasteiger partial charge in [-0.25, -0.2) is 4.39 Å². The lowest BCUT2D eigenvalue weighted by Crippen LogP contribution is -2.18. The molecule has 0 bridgehead atoms. The third kappa shape index (κ3) is 1.98. The number of benzene rings is 1. The summed E-state index contributed by atoms with van der Waals surface area (Å²) >= 11 is 3.21. The Morgan fingerprint density at radius 3 is 2.71 bits per heavy atom. The Morgan fingerprint density at radius 2 is 2.21 bits per heavy atom. The largest absolute Gasteiger partial charge is 0.313 e. The zero-order valence-electron chi connectivity index (χ0n) is 8.06. The van der Waals surface area contributed by atoms with E-state index in [1.807, 2.05) is 19.2 Å². The molecule has 0 radical (unpaired) electrons. The van der Waals surface area contributed by atoms with Gasteiger partial charge < -0.3 is 5.32 Å². The monoisotopic (exact) mass is 257 g/mol. The third-order valence-electron chi connectivity index (χ3n) is 2.71. The van der Waals surface area contributed by atoms with Gasteiger partial charge in [0.2, 0.25) is 0 Å². The van der Waals surface area contributed by atoms with Crippen LogP contribution in [0.4, 0.5) is 4.39 Å². The Hall–Kier alpha value is -0.410. The molecule has 0 aromatic heterocycles. The number of halogens is 2. The molecule has 14 heavy (non-hydrogen) atoms. The predicted octanol–water partition coefficient (Wildman–Crippen LogP) is 3.26. The molecule has 1 atom stereocenters. The number of nitrogens with one attached hydrogen (secondary N) is 1. The first kappa shape index (κ1) is 10.1. The summed E-state index contributed by atoms with van der Waals surface area (Å²) in [5.41, 5.74) is 1.17. The van der Waals surface area contributed by atoms with Crippen molar-refractivity contribution in [2.24, 2.45) is 5.92 Å². The van der Waals surface area contributed by atoms with E-state index < -0.39 is 0 Å². The van der Waals surface area contributed by atoms with Crippen molar-refractivity contribution in [1.82, 2.24) is 5.32 Å². The van der Waals surface area contributed by atoms with Gasteiger partial charge in [0.05, 0.1) is 4.47 Å². The maximum Gasteiger partial charge on any atom is 0.137 e. The maximum atomic E-state index is 13.0. The molecule has 1 N–H and O–H groups in total. The van der Waals surface area contributed by atoms with Gasteiger partial charge in [0.1, 0.15) is 5.82 Å². The van der Waals surface area contributed by atoms with Gasteiger partial charge in [0.25, 0.3) is 0 Å². The van der Waals surface area contributed by atoms with Crippen molar-refractivity contribution in [3.05, 3.63) is 34.1 Å². The highest BCUT2D eigenvalue weighted by molar-refractivity contribution is 9.10. The zero-order chi connectivity index (χ0) is 10.1. The minimum atomic E-state index is -0.195. The van der Waals surface area contributed by atoms with E-state index in [1.54, 1.807) is 0 Å². The summed E-state index contributed by atoms with van der Waals surface area (Å²) in [5, 5.41) is 3.28. The summed E-state index contributed by atoms with van der Waals surface area (Å²) in [7, 11) is 1.96. The van der Waals surface area contributed by atoms with Crippen molar-refractivity contribution in [3.63, 3.8) is 0 Å². The first-order chi connectivity index (χ1) is 6.72. The van der Waals surface area contributed by atoms with Crippen LogP contribution in [0.3, 0.4) is 0 Å². The van der Waals surface area contributed by atoms with Gasteiger partial charge >= 0.3 is 0 Å². The Bertz CT molecular complexity index is 336. The molecule has 0 saturated heterocycles.